The van der Waals surface area contributed by atoms with Crippen LogP contribution in [0, 0.1) is 5.92 Å². The lowest BCUT2D eigenvalue weighted by Gasteiger charge is -2.23. The minimum atomic E-state index is 0.220. The van der Waals surface area contributed by atoms with Crippen LogP contribution in [0.15, 0.2) is 36.5 Å². The van der Waals surface area contributed by atoms with Crippen molar-refractivity contribution >= 4 is 11.8 Å². The fourth-order valence-corrected chi connectivity index (χ4v) is 5.24. The summed E-state index contributed by atoms with van der Waals surface area (Å²) in [6, 6.07) is 11.7. The molecule has 0 amide bonds. The van der Waals surface area contributed by atoms with E-state index in [1.807, 2.05) is 6.20 Å². The molecular formula is C28H43N5. The Bertz CT molecular complexity index is 865. The summed E-state index contributed by atoms with van der Waals surface area (Å²) in [5.74, 6) is 2.51. The molecule has 1 aromatic carbocycles. The zero-order chi connectivity index (χ0) is 23.3. The predicted molar refractivity (Wildman–Crippen MR) is 139 cm³/mol. The fourth-order valence-electron chi connectivity index (χ4n) is 5.24. The van der Waals surface area contributed by atoms with E-state index in [0.717, 1.165) is 57.3 Å². The molecule has 5 nitrogen and oxygen atoms in total. The zero-order valence-electron chi connectivity index (χ0n) is 21.2. The van der Waals surface area contributed by atoms with Crippen LogP contribution in [0.5, 0.6) is 0 Å². The van der Waals surface area contributed by atoms with E-state index >= 15 is 0 Å². The SMILES string of the molecule is CC(Cc1ccc(C(C)(C)C)cc1)CN1CCC(Nc2nccc(N3CCCCCC3)n2)C1. The Hall–Kier alpha value is -2.14. The number of aromatic nitrogens is 2. The Labute approximate surface area is 201 Å². The minimum Gasteiger partial charge on any atom is -0.356 e. The summed E-state index contributed by atoms with van der Waals surface area (Å²) in [4.78, 5) is 14.4. The molecule has 2 aliphatic heterocycles. The van der Waals surface area contributed by atoms with Crippen molar-refractivity contribution in [3.05, 3.63) is 47.7 Å². The largest absolute Gasteiger partial charge is 0.356 e. The van der Waals surface area contributed by atoms with Crippen molar-refractivity contribution in [1.82, 2.24) is 14.9 Å². The van der Waals surface area contributed by atoms with Gasteiger partial charge in [-0.05, 0) is 54.2 Å². The molecule has 1 aromatic heterocycles. The highest BCUT2D eigenvalue weighted by Gasteiger charge is 2.24. The molecule has 0 saturated carbocycles. The quantitative estimate of drug-likeness (QED) is 0.603. The normalized spacial score (nSPS) is 21.1. The molecule has 1 N–H and O–H groups in total. The first kappa shape index (κ1) is 24.0. The first-order chi connectivity index (χ1) is 15.9. The molecule has 2 saturated heterocycles. The highest BCUT2D eigenvalue weighted by molar-refractivity contribution is 5.43. The van der Waals surface area contributed by atoms with Crippen molar-refractivity contribution in [2.24, 2.45) is 5.92 Å². The molecule has 2 fully saturated rings. The van der Waals surface area contributed by atoms with Crippen molar-refractivity contribution in [2.75, 3.05) is 42.9 Å². The molecule has 4 rings (SSSR count). The van der Waals surface area contributed by atoms with E-state index in [1.54, 1.807) is 0 Å². The van der Waals surface area contributed by atoms with Crippen molar-refractivity contribution in [3.8, 4) is 0 Å². The fraction of sp³-hybridized carbons (Fsp3) is 0.643. The van der Waals surface area contributed by atoms with Gasteiger partial charge in [-0.3, -0.25) is 0 Å². The first-order valence-electron chi connectivity index (χ1n) is 13.0. The second-order valence-electron chi connectivity index (χ2n) is 11.3. The van der Waals surface area contributed by atoms with E-state index in [-0.39, 0.29) is 5.41 Å². The summed E-state index contributed by atoms with van der Waals surface area (Å²) < 4.78 is 0. The van der Waals surface area contributed by atoms with E-state index in [0.29, 0.717) is 12.0 Å². The molecule has 3 heterocycles. The molecule has 2 aliphatic rings. The predicted octanol–water partition coefficient (Wildman–Crippen LogP) is 5.52. The van der Waals surface area contributed by atoms with Crippen LogP contribution in [-0.2, 0) is 11.8 Å². The van der Waals surface area contributed by atoms with Gasteiger partial charge in [-0.15, -0.1) is 0 Å². The second-order valence-corrected chi connectivity index (χ2v) is 11.3. The summed E-state index contributed by atoms with van der Waals surface area (Å²) in [5, 5.41) is 3.62. The van der Waals surface area contributed by atoms with Crippen LogP contribution in [0.2, 0.25) is 0 Å². The highest BCUT2D eigenvalue weighted by Crippen LogP contribution is 2.24. The summed E-state index contributed by atoms with van der Waals surface area (Å²) >= 11 is 0. The number of hydrogen-bond donors (Lipinski definition) is 1. The molecule has 180 valence electrons. The highest BCUT2D eigenvalue weighted by atomic mass is 15.3. The van der Waals surface area contributed by atoms with Crippen LogP contribution in [0.3, 0.4) is 0 Å². The van der Waals surface area contributed by atoms with Crippen LogP contribution in [0.1, 0.15) is 70.9 Å². The van der Waals surface area contributed by atoms with Gasteiger partial charge in [0.25, 0.3) is 0 Å². The summed E-state index contributed by atoms with van der Waals surface area (Å²) in [5.41, 5.74) is 3.08. The van der Waals surface area contributed by atoms with Crippen LogP contribution >= 0.6 is 0 Å². The van der Waals surface area contributed by atoms with Gasteiger partial charge in [0.1, 0.15) is 5.82 Å². The van der Waals surface area contributed by atoms with E-state index in [2.05, 4.69) is 78.1 Å². The summed E-state index contributed by atoms with van der Waals surface area (Å²) in [7, 11) is 0. The van der Waals surface area contributed by atoms with Crippen LogP contribution in [-0.4, -0.2) is 53.6 Å². The van der Waals surface area contributed by atoms with E-state index in [1.165, 1.54) is 36.8 Å². The number of benzene rings is 1. The third-order valence-electron chi connectivity index (χ3n) is 7.15. The number of likely N-dealkylation sites (tertiary alicyclic amines) is 1. The molecule has 2 atom stereocenters. The maximum absolute atomic E-state index is 4.85. The number of anilines is 2. The lowest BCUT2D eigenvalue weighted by Crippen LogP contribution is -2.31. The third kappa shape index (κ3) is 6.92. The lowest BCUT2D eigenvalue weighted by atomic mass is 9.86. The zero-order valence-corrected chi connectivity index (χ0v) is 21.2. The van der Waals surface area contributed by atoms with E-state index in [9.17, 15) is 0 Å². The molecule has 2 unspecified atom stereocenters. The molecule has 0 spiro atoms. The first-order valence-corrected chi connectivity index (χ1v) is 13.0. The van der Waals surface area contributed by atoms with Crippen molar-refractivity contribution < 1.29 is 0 Å². The monoisotopic (exact) mass is 449 g/mol. The van der Waals surface area contributed by atoms with Gasteiger partial charge in [-0.1, -0.05) is 64.8 Å². The summed E-state index contributed by atoms with van der Waals surface area (Å²) in [6.07, 6.45) is 9.42. The Morgan fingerprint density at radius 1 is 1.00 bits per heavy atom. The van der Waals surface area contributed by atoms with Crippen molar-refractivity contribution in [3.63, 3.8) is 0 Å². The Kier molecular flexibility index (Phi) is 7.90. The average molecular weight is 450 g/mol. The number of rotatable bonds is 7. The lowest BCUT2D eigenvalue weighted by molar-refractivity contribution is 0.285. The van der Waals surface area contributed by atoms with Gasteiger partial charge >= 0.3 is 0 Å². The van der Waals surface area contributed by atoms with Gasteiger partial charge in [-0.25, -0.2) is 4.98 Å². The minimum absolute atomic E-state index is 0.220. The standard InChI is InChI=1S/C28H43N5/c1-22(19-23-9-11-24(12-10-23)28(2,3)4)20-32-18-14-25(21-32)30-27-29-15-13-26(31-27)33-16-7-5-6-8-17-33/h9-13,15,22,25H,5-8,14,16-21H2,1-4H3,(H,29,30,31). The van der Waals surface area contributed by atoms with Crippen LogP contribution in [0.25, 0.3) is 0 Å². The van der Waals surface area contributed by atoms with Gasteiger partial charge in [0.2, 0.25) is 5.95 Å². The Balaban J connectivity index is 1.25. The molecule has 0 radical (unpaired) electrons. The van der Waals surface area contributed by atoms with Crippen molar-refractivity contribution in [1.29, 1.82) is 0 Å². The smallest absolute Gasteiger partial charge is 0.224 e. The Morgan fingerprint density at radius 2 is 1.73 bits per heavy atom. The number of nitrogens with zero attached hydrogens (tertiary/aromatic N) is 4. The molecule has 0 bridgehead atoms. The van der Waals surface area contributed by atoms with Gasteiger partial charge < -0.3 is 15.1 Å². The third-order valence-corrected chi connectivity index (χ3v) is 7.15. The molecule has 2 aromatic rings. The van der Waals surface area contributed by atoms with Gasteiger partial charge in [-0.2, -0.15) is 4.98 Å². The maximum Gasteiger partial charge on any atom is 0.224 e. The maximum atomic E-state index is 4.85. The average Bonchev–Trinajstić information content (AvgIpc) is 3.03. The van der Waals surface area contributed by atoms with Crippen molar-refractivity contribution in [2.45, 2.75) is 77.7 Å². The topological polar surface area (TPSA) is 44.3 Å². The Morgan fingerprint density at radius 3 is 2.42 bits per heavy atom. The number of nitrogens with one attached hydrogen (secondary N) is 1. The van der Waals surface area contributed by atoms with E-state index < -0.39 is 0 Å². The second kappa shape index (κ2) is 10.9. The van der Waals surface area contributed by atoms with Crippen LogP contribution < -0.4 is 10.2 Å². The summed E-state index contributed by atoms with van der Waals surface area (Å²) in [6.45, 7) is 14.8. The van der Waals surface area contributed by atoms with E-state index in [4.69, 9.17) is 4.98 Å². The van der Waals surface area contributed by atoms with Crippen LogP contribution in [0.4, 0.5) is 11.8 Å². The van der Waals surface area contributed by atoms with Gasteiger partial charge in [0.05, 0.1) is 0 Å². The molecule has 0 aliphatic carbocycles. The molecule has 33 heavy (non-hydrogen) atoms. The molecule has 5 heteroatoms. The molecular weight excluding hydrogens is 406 g/mol. The number of hydrogen-bond acceptors (Lipinski definition) is 5. The van der Waals surface area contributed by atoms with Gasteiger partial charge in [0, 0.05) is 45.0 Å². The van der Waals surface area contributed by atoms with Gasteiger partial charge in [0.15, 0.2) is 0 Å².